The highest BCUT2D eigenvalue weighted by Crippen LogP contribution is 2.25. The van der Waals surface area contributed by atoms with Gasteiger partial charge in [-0.1, -0.05) is 36.2 Å². The monoisotopic (exact) mass is 297 g/mol. The van der Waals surface area contributed by atoms with Crippen LogP contribution in [0.1, 0.15) is 37.6 Å². The molecule has 0 heterocycles. The second-order valence-corrected chi connectivity index (χ2v) is 5.29. The molecule has 0 spiro atoms. The first kappa shape index (κ1) is 14.2. The summed E-state index contributed by atoms with van der Waals surface area (Å²) in [6.07, 6.45) is 2.09. The Morgan fingerprint density at radius 3 is 2.65 bits per heavy atom. The van der Waals surface area contributed by atoms with E-state index < -0.39 is 0 Å². The van der Waals surface area contributed by atoms with Gasteiger partial charge in [0, 0.05) is 28.8 Å². The van der Waals surface area contributed by atoms with Crippen LogP contribution in [0, 0.1) is 5.92 Å². The van der Waals surface area contributed by atoms with E-state index >= 15 is 0 Å². The van der Waals surface area contributed by atoms with E-state index in [-0.39, 0.29) is 0 Å². The summed E-state index contributed by atoms with van der Waals surface area (Å²) in [6, 6.07) is 5.80. The Bertz CT molecular complexity index is 378. The summed E-state index contributed by atoms with van der Waals surface area (Å²) in [7, 11) is 0. The van der Waals surface area contributed by atoms with Gasteiger partial charge in [0.25, 0.3) is 0 Å². The number of carbonyl (C=O) groups excluding carboxylic acids is 1. The summed E-state index contributed by atoms with van der Waals surface area (Å²) in [5.41, 5.74) is 1.79. The highest BCUT2D eigenvalue weighted by Gasteiger charge is 2.12. The van der Waals surface area contributed by atoms with E-state index in [0.717, 1.165) is 41.5 Å². The van der Waals surface area contributed by atoms with Crippen LogP contribution < -0.4 is 4.90 Å². The van der Waals surface area contributed by atoms with Crippen LogP contribution in [-0.4, -0.2) is 19.4 Å². The lowest BCUT2D eigenvalue weighted by Gasteiger charge is -2.27. The lowest BCUT2D eigenvalue weighted by Crippen LogP contribution is -2.28. The summed E-state index contributed by atoms with van der Waals surface area (Å²) < 4.78 is 1.01. The van der Waals surface area contributed by atoms with Crippen molar-refractivity contribution in [2.75, 3.05) is 18.0 Å². The van der Waals surface area contributed by atoms with E-state index in [1.54, 1.807) is 0 Å². The van der Waals surface area contributed by atoms with Crippen molar-refractivity contribution in [1.82, 2.24) is 0 Å². The van der Waals surface area contributed by atoms with Crippen molar-refractivity contribution >= 4 is 27.9 Å². The van der Waals surface area contributed by atoms with E-state index in [0.29, 0.717) is 5.92 Å². The molecule has 0 bridgehead atoms. The number of rotatable bonds is 6. The molecule has 1 rings (SSSR count). The Labute approximate surface area is 112 Å². The van der Waals surface area contributed by atoms with E-state index in [2.05, 4.69) is 41.6 Å². The predicted octanol–water partition coefficient (Wildman–Crippen LogP) is 4.13. The van der Waals surface area contributed by atoms with Crippen LogP contribution in [0.25, 0.3) is 0 Å². The Hall–Kier alpha value is -0.830. The third kappa shape index (κ3) is 3.84. The number of aldehydes is 1. The molecule has 0 amide bonds. The molecule has 0 aromatic heterocycles. The van der Waals surface area contributed by atoms with Gasteiger partial charge in [0.1, 0.15) is 0 Å². The molecule has 1 unspecified atom stereocenters. The van der Waals surface area contributed by atoms with E-state index in [9.17, 15) is 4.79 Å². The van der Waals surface area contributed by atoms with Crippen LogP contribution in [0.2, 0.25) is 0 Å². The molecule has 0 saturated carbocycles. The van der Waals surface area contributed by atoms with Crippen LogP contribution in [0.15, 0.2) is 22.7 Å². The molecule has 0 N–H and O–H groups in total. The molecule has 0 saturated heterocycles. The zero-order valence-electron chi connectivity index (χ0n) is 10.7. The van der Waals surface area contributed by atoms with Gasteiger partial charge in [-0.05, 0) is 31.0 Å². The molecule has 0 fully saturated rings. The number of anilines is 1. The standard InChI is InChI=1S/C14H20BrNO/c1-4-11(3)9-16(5-2)14-8-13(15)7-6-12(14)10-17/h6-8,10-11H,4-5,9H2,1-3H3. The van der Waals surface area contributed by atoms with Gasteiger partial charge in [-0.15, -0.1) is 0 Å². The minimum absolute atomic E-state index is 0.633. The maximum absolute atomic E-state index is 11.1. The van der Waals surface area contributed by atoms with Gasteiger partial charge < -0.3 is 4.90 Å². The fourth-order valence-corrected chi connectivity index (χ4v) is 2.14. The summed E-state index contributed by atoms with van der Waals surface area (Å²) in [5, 5.41) is 0. The zero-order valence-corrected chi connectivity index (χ0v) is 12.3. The zero-order chi connectivity index (χ0) is 12.8. The van der Waals surface area contributed by atoms with E-state index in [1.807, 2.05) is 18.2 Å². The molecular formula is C14H20BrNO. The van der Waals surface area contributed by atoms with Crippen LogP contribution in [0.5, 0.6) is 0 Å². The summed E-state index contributed by atoms with van der Waals surface area (Å²) in [6.45, 7) is 8.46. The minimum atomic E-state index is 0.633. The minimum Gasteiger partial charge on any atom is -0.371 e. The smallest absolute Gasteiger partial charge is 0.152 e. The van der Waals surface area contributed by atoms with Crippen LogP contribution in [0.3, 0.4) is 0 Å². The number of nitrogens with zero attached hydrogens (tertiary/aromatic N) is 1. The maximum atomic E-state index is 11.1. The van der Waals surface area contributed by atoms with E-state index in [4.69, 9.17) is 0 Å². The predicted molar refractivity (Wildman–Crippen MR) is 76.9 cm³/mol. The molecule has 1 aromatic rings. The van der Waals surface area contributed by atoms with Gasteiger partial charge in [-0.3, -0.25) is 4.79 Å². The largest absolute Gasteiger partial charge is 0.371 e. The fourth-order valence-electron chi connectivity index (χ4n) is 1.79. The van der Waals surface area contributed by atoms with Gasteiger partial charge >= 0.3 is 0 Å². The SMILES string of the molecule is CCC(C)CN(CC)c1cc(Br)ccc1C=O. The molecule has 94 valence electrons. The maximum Gasteiger partial charge on any atom is 0.152 e. The van der Waals surface area contributed by atoms with Crippen molar-refractivity contribution in [2.45, 2.75) is 27.2 Å². The second kappa shape index (κ2) is 6.80. The van der Waals surface area contributed by atoms with Gasteiger partial charge in [-0.25, -0.2) is 0 Å². The first-order valence-corrected chi connectivity index (χ1v) is 6.91. The number of hydrogen-bond acceptors (Lipinski definition) is 2. The average Bonchev–Trinajstić information content (AvgIpc) is 2.35. The lowest BCUT2D eigenvalue weighted by molar-refractivity contribution is 0.112. The molecule has 0 aliphatic carbocycles. The summed E-state index contributed by atoms with van der Waals surface area (Å²) >= 11 is 3.46. The Kier molecular flexibility index (Phi) is 5.69. The molecule has 0 aliphatic rings. The molecule has 0 radical (unpaired) electrons. The Balaban J connectivity index is 3.01. The van der Waals surface area contributed by atoms with Crippen molar-refractivity contribution in [3.05, 3.63) is 28.2 Å². The molecule has 2 nitrogen and oxygen atoms in total. The first-order chi connectivity index (χ1) is 8.12. The normalized spacial score (nSPS) is 12.2. The highest BCUT2D eigenvalue weighted by molar-refractivity contribution is 9.10. The molecule has 3 heteroatoms. The van der Waals surface area contributed by atoms with Crippen molar-refractivity contribution in [3.8, 4) is 0 Å². The van der Waals surface area contributed by atoms with Gasteiger partial charge in [0.15, 0.2) is 6.29 Å². The Morgan fingerprint density at radius 1 is 1.41 bits per heavy atom. The van der Waals surface area contributed by atoms with Crippen LogP contribution >= 0.6 is 15.9 Å². The molecule has 17 heavy (non-hydrogen) atoms. The van der Waals surface area contributed by atoms with Crippen molar-refractivity contribution in [1.29, 1.82) is 0 Å². The van der Waals surface area contributed by atoms with Gasteiger partial charge in [-0.2, -0.15) is 0 Å². The molecule has 1 aromatic carbocycles. The second-order valence-electron chi connectivity index (χ2n) is 4.37. The molecular weight excluding hydrogens is 278 g/mol. The number of hydrogen-bond donors (Lipinski definition) is 0. The summed E-state index contributed by atoms with van der Waals surface area (Å²) in [4.78, 5) is 13.3. The third-order valence-corrected chi connectivity index (χ3v) is 3.56. The van der Waals surface area contributed by atoms with Gasteiger partial charge in [0.05, 0.1) is 0 Å². The van der Waals surface area contributed by atoms with Crippen LogP contribution in [-0.2, 0) is 0 Å². The van der Waals surface area contributed by atoms with E-state index in [1.165, 1.54) is 0 Å². The number of carbonyl (C=O) groups is 1. The quantitative estimate of drug-likeness (QED) is 0.736. The van der Waals surface area contributed by atoms with Crippen molar-refractivity contribution in [2.24, 2.45) is 5.92 Å². The van der Waals surface area contributed by atoms with Gasteiger partial charge in [0.2, 0.25) is 0 Å². The lowest BCUT2D eigenvalue weighted by atomic mass is 10.1. The number of benzene rings is 1. The molecule has 0 aliphatic heterocycles. The topological polar surface area (TPSA) is 20.3 Å². The highest BCUT2D eigenvalue weighted by atomic mass is 79.9. The van der Waals surface area contributed by atoms with Crippen LogP contribution in [0.4, 0.5) is 5.69 Å². The molecule has 1 atom stereocenters. The summed E-state index contributed by atoms with van der Waals surface area (Å²) in [5.74, 6) is 0.633. The first-order valence-electron chi connectivity index (χ1n) is 6.12. The average molecular weight is 298 g/mol. The Morgan fingerprint density at radius 2 is 2.12 bits per heavy atom. The third-order valence-electron chi connectivity index (χ3n) is 3.07. The van der Waals surface area contributed by atoms with Crippen molar-refractivity contribution < 1.29 is 4.79 Å². The fraction of sp³-hybridized carbons (Fsp3) is 0.500. The number of halogens is 1. The van der Waals surface area contributed by atoms with Crippen molar-refractivity contribution in [3.63, 3.8) is 0 Å².